The third-order valence-corrected chi connectivity index (χ3v) is 5.84. The molecule has 1 aliphatic heterocycles. The van der Waals surface area contributed by atoms with Crippen molar-refractivity contribution in [3.8, 4) is 0 Å². The highest BCUT2D eigenvalue weighted by Crippen LogP contribution is 2.40. The third kappa shape index (κ3) is 2.26. The van der Waals surface area contributed by atoms with Crippen molar-refractivity contribution in [2.75, 3.05) is 18.0 Å². The van der Waals surface area contributed by atoms with Gasteiger partial charge in [0, 0.05) is 18.0 Å². The van der Waals surface area contributed by atoms with Crippen LogP contribution in [0.25, 0.3) is 16.3 Å². The molecular formula is C17H21N3S. The van der Waals surface area contributed by atoms with Gasteiger partial charge in [0.2, 0.25) is 0 Å². The zero-order chi connectivity index (χ0) is 14.2. The van der Waals surface area contributed by atoms with Crippen molar-refractivity contribution in [1.29, 1.82) is 0 Å². The lowest BCUT2D eigenvalue weighted by molar-refractivity contribution is 0.574. The Bertz CT molecular complexity index is 683. The molecular weight excluding hydrogens is 278 g/mol. The molecule has 0 spiro atoms. The number of nitrogens with zero attached hydrogens (tertiary/aromatic N) is 3. The molecule has 0 radical (unpaired) electrons. The van der Waals surface area contributed by atoms with Gasteiger partial charge in [0.25, 0.3) is 0 Å². The van der Waals surface area contributed by atoms with E-state index in [-0.39, 0.29) is 0 Å². The number of aromatic nitrogens is 2. The smallest absolute Gasteiger partial charge is 0.155 e. The van der Waals surface area contributed by atoms with Crippen LogP contribution in [0.4, 0.5) is 5.82 Å². The average molecular weight is 299 g/mol. The maximum Gasteiger partial charge on any atom is 0.155 e. The topological polar surface area (TPSA) is 29.0 Å². The van der Waals surface area contributed by atoms with Crippen molar-refractivity contribution in [3.05, 3.63) is 22.8 Å². The summed E-state index contributed by atoms with van der Waals surface area (Å²) in [5.74, 6) is 1.95. The number of hydrogen-bond donors (Lipinski definition) is 0. The van der Waals surface area contributed by atoms with Crippen LogP contribution in [0.15, 0.2) is 6.58 Å². The molecule has 2 aromatic heterocycles. The highest BCUT2D eigenvalue weighted by atomic mass is 32.1. The number of anilines is 1. The van der Waals surface area contributed by atoms with E-state index in [4.69, 9.17) is 9.97 Å². The zero-order valence-electron chi connectivity index (χ0n) is 12.4. The fraction of sp³-hybridized carbons (Fsp3) is 0.529. The van der Waals surface area contributed by atoms with E-state index in [1.165, 1.54) is 66.5 Å². The Morgan fingerprint density at radius 3 is 2.62 bits per heavy atom. The van der Waals surface area contributed by atoms with Crippen molar-refractivity contribution < 1.29 is 0 Å². The fourth-order valence-electron chi connectivity index (χ4n) is 3.58. The molecule has 1 fully saturated rings. The van der Waals surface area contributed by atoms with Crippen LogP contribution in [-0.2, 0) is 12.8 Å². The molecule has 0 aromatic carbocycles. The van der Waals surface area contributed by atoms with Gasteiger partial charge in [-0.3, -0.25) is 0 Å². The van der Waals surface area contributed by atoms with Gasteiger partial charge in [-0.1, -0.05) is 6.58 Å². The first-order chi connectivity index (χ1) is 10.4. The summed E-state index contributed by atoms with van der Waals surface area (Å²) in [6, 6.07) is 0. The third-order valence-electron chi connectivity index (χ3n) is 4.65. The maximum absolute atomic E-state index is 4.83. The molecule has 3 heterocycles. The molecule has 2 aromatic rings. The molecule has 2 aliphatic rings. The van der Waals surface area contributed by atoms with Gasteiger partial charge >= 0.3 is 0 Å². The van der Waals surface area contributed by atoms with Crippen LogP contribution in [0.3, 0.4) is 0 Å². The molecule has 0 N–H and O–H groups in total. The van der Waals surface area contributed by atoms with E-state index in [0.29, 0.717) is 0 Å². The Balaban J connectivity index is 1.92. The molecule has 1 saturated heterocycles. The minimum atomic E-state index is 0.779. The minimum absolute atomic E-state index is 0.779. The summed E-state index contributed by atoms with van der Waals surface area (Å²) in [6.45, 7) is 6.13. The van der Waals surface area contributed by atoms with Crippen molar-refractivity contribution in [2.24, 2.45) is 0 Å². The van der Waals surface area contributed by atoms with Gasteiger partial charge in [0.15, 0.2) is 5.82 Å². The normalized spacial score (nSPS) is 18.8. The van der Waals surface area contributed by atoms with Crippen molar-refractivity contribution in [1.82, 2.24) is 9.97 Å². The van der Waals surface area contributed by atoms with Crippen molar-refractivity contribution >= 4 is 33.4 Å². The molecule has 4 heteroatoms. The highest BCUT2D eigenvalue weighted by molar-refractivity contribution is 7.19. The Kier molecular flexibility index (Phi) is 3.42. The molecule has 0 atom stereocenters. The molecule has 4 rings (SSSR count). The molecule has 0 saturated carbocycles. The molecule has 3 nitrogen and oxygen atoms in total. The second-order valence-corrected chi connectivity index (χ2v) is 7.13. The SMILES string of the molecule is C=Cc1nc(N2CCCCC2)c2c3c(sc2n1)CCCC3. The number of aryl methyl sites for hydroxylation is 2. The minimum Gasteiger partial charge on any atom is -0.356 e. The number of hydrogen-bond acceptors (Lipinski definition) is 4. The van der Waals surface area contributed by atoms with Crippen molar-refractivity contribution in [3.63, 3.8) is 0 Å². The standard InChI is InChI=1S/C17H21N3S/c1-2-14-18-16(20-10-6-3-7-11-20)15-12-8-4-5-9-13(12)21-17(15)19-14/h2H,1,3-11H2. The van der Waals surface area contributed by atoms with Crippen LogP contribution in [-0.4, -0.2) is 23.1 Å². The second-order valence-electron chi connectivity index (χ2n) is 6.05. The summed E-state index contributed by atoms with van der Waals surface area (Å²) in [7, 11) is 0. The average Bonchev–Trinajstić information content (AvgIpc) is 2.93. The van der Waals surface area contributed by atoms with Crippen LogP contribution in [0.5, 0.6) is 0 Å². The van der Waals surface area contributed by atoms with E-state index in [0.717, 1.165) is 18.9 Å². The Morgan fingerprint density at radius 2 is 1.81 bits per heavy atom. The van der Waals surface area contributed by atoms with E-state index in [1.54, 1.807) is 11.0 Å². The Hall–Kier alpha value is -1.42. The molecule has 21 heavy (non-hydrogen) atoms. The highest BCUT2D eigenvalue weighted by Gasteiger charge is 2.24. The van der Waals surface area contributed by atoms with Crippen LogP contribution in [0.2, 0.25) is 0 Å². The summed E-state index contributed by atoms with van der Waals surface area (Å²) in [5.41, 5.74) is 1.54. The van der Waals surface area contributed by atoms with Gasteiger partial charge in [-0.2, -0.15) is 0 Å². The van der Waals surface area contributed by atoms with Gasteiger partial charge in [-0.15, -0.1) is 11.3 Å². The van der Waals surface area contributed by atoms with Crippen LogP contribution in [0, 0.1) is 0 Å². The summed E-state index contributed by atoms with van der Waals surface area (Å²) in [4.78, 5) is 14.7. The number of fused-ring (bicyclic) bond motifs is 3. The number of piperidine rings is 1. The molecule has 0 unspecified atom stereocenters. The van der Waals surface area contributed by atoms with Gasteiger partial charge in [0.1, 0.15) is 10.6 Å². The Labute approximate surface area is 129 Å². The second kappa shape index (κ2) is 5.41. The predicted molar refractivity (Wildman–Crippen MR) is 90.2 cm³/mol. The number of thiophene rings is 1. The fourth-order valence-corrected chi connectivity index (χ4v) is 4.84. The lowest BCUT2D eigenvalue weighted by Crippen LogP contribution is -2.30. The van der Waals surface area contributed by atoms with E-state index in [2.05, 4.69) is 11.5 Å². The van der Waals surface area contributed by atoms with Gasteiger partial charge in [0.05, 0.1) is 5.39 Å². The van der Waals surface area contributed by atoms with E-state index in [1.807, 2.05) is 11.3 Å². The van der Waals surface area contributed by atoms with Crippen LogP contribution in [0.1, 0.15) is 48.4 Å². The van der Waals surface area contributed by atoms with Gasteiger partial charge in [-0.05, 0) is 56.6 Å². The van der Waals surface area contributed by atoms with Crippen LogP contribution < -0.4 is 4.90 Å². The van der Waals surface area contributed by atoms with E-state index in [9.17, 15) is 0 Å². The largest absolute Gasteiger partial charge is 0.356 e. The molecule has 0 bridgehead atoms. The van der Waals surface area contributed by atoms with Gasteiger partial charge < -0.3 is 4.90 Å². The monoisotopic (exact) mass is 299 g/mol. The van der Waals surface area contributed by atoms with E-state index >= 15 is 0 Å². The van der Waals surface area contributed by atoms with Crippen molar-refractivity contribution in [2.45, 2.75) is 44.9 Å². The summed E-state index contributed by atoms with van der Waals surface area (Å²) >= 11 is 1.88. The first-order valence-electron chi connectivity index (χ1n) is 8.06. The zero-order valence-corrected chi connectivity index (χ0v) is 13.2. The summed E-state index contributed by atoms with van der Waals surface area (Å²) in [6.07, 6.45) is 10.7. The van der Waals surface area contributed by atoms with Gasteiger partial charge in [-0.25, -0.2) is 9.97 Å². The quantitative estimate of drug-likeness (QED) is 0.832. The lowest BCUT2D eigenvalue weighted by atomic mass is 9.96. The molecule has 1 aliphatic carbocycles. The van der Waals surface area contributed by atoms with Crippen LogP contribution >= 0.6 is 11.3 Å². The first kappa shape index (κ1) is 13.3. The Morgan fingerprint density at radius 1 is 1.00 bits per heavy atom. The maximum atomic E-state index is 4.83. The lowest BCUT2D eigenvalue weighted by Gasteiger charge is -2.29. The first-order valence-corrected chi connectivity index (χ1v) is 8.88. The number of rotatable bonds is 2. The molecule has 110 valence electrons. The van der Waals surface area contributed by atoms with E-state index < -0.39 is 0 Å². The predicted octanol–water partition coefficient (Wildman–Crippen LogP) is 4.20. The summed E-state index contributed by atoms with van der Waals surface area (Å²) < 4.78 is 0. The molecule has 0 amide bonds. The summed E-state index contributed by atoms with van der Waals surface area (Å²) in [5, 5.41) is 1.35.